The van der Waals surface area contributed by atoms with Crippen molar-refractivity contribution in [1.29, 1.82) is 0 Å². The molecule has 0 aliphatic rings. The Balaban J connectivity index is 1.95. The molecule has 0 bridgehead atoms. The van der Waals surface area contributed by atoms with Crippen LogP contribution in [0.25, 0.3) is 0 Å². The van der Waals surface area contributed by atoms with E-state index in [4.69, 9.17) is 16.3 Å². The van der Waals surface area contributed by atoms with Gasteiger partial charge in [-0.3, -0.25) is 0 Å². The number of hydrogen-bond donors (Lipinski definition) is 2. The molecule has 0 saturated heterocycles. The predicted molar refractivity (Wildman–Crippen MR) is 80.3 cm³/mol. The van der Waals surface area contributed by atoms with Gasteiger partial charge in [-0.25, -0.2) is 4.79 Å². The SMILES string of the molecule is COc1ccccc1NC(=O)NCc1ccccc1Cl. The number of anilines is 1. The van der Waals surface area contributed by atoms with Gasteiger partial charge in [-0.15, -0.1) is 0 Å². The number of para-hydroxylation sites is 2. The molecule has 0 radical (unpaired) electrons. The van der Waals surface area contributed by atoms with Crippen LogP contribution in [0.1, 0.15) is 5.56 Å². The second-order valence-corrected chi connectivity index (χ2v) is 4.51. The van der Waals surface area contributed by atoms with Crippen LogP contribution in [0.4, 0.5) is 10.5 Å². The number of amides is 2. The molecule has 20 heavy (non-hydrogen) atoms. The predicted octanol–water partition coefficient (Wildman–Crippen LogP) is 3.67. The molecule has 0 atom stereocenters. The molecule has 0 saturated carbocycles. The summed E-state index contributed by atoms with van der Waals surface area (Å²) in [4.78, 5) is 11.8. The molecule has 2 aromatic rings. The van der Waals surface area contributed by atoms with Crippen LogP contribution < -0.4 is 15.4 Å². The summed E-state index contributed by atoms with van der Waals surface area (Å²) >= 11 is 6.02. The summed E-state index contributed by atoms with van der Waals surface area (Å²) in [7, 11) is 1.56. The van der Waals surface area contributed by atoms with Crippen LogP contribution in [0.3, 0.4) is 0 Å². The van der Waals surface area contributed by atoms with E-state index in [1.807, 2.05) is 30.3 Å². The summed E-state index contributed by atoms with van der Waals surface area (Å²) in [6, 6.07) is 14.3. The van der Waals surface area contributed by atoms with Gasteiger partial charge < -0.3 is 15.4 Å². The molecule has 0 spiro atoms. The molecule has 2 rings (SSSR count). The molecule has 2 N–H and O–H groups in total. The zero-order valence-electron chi connectivity index (χ0n) is 11.0. The zero-order valence-corrected chi connectivity index (χ0v) is 11.8. The summed E-state index contributed by atoms with van der Waals surface area (Å²) in [6.07, 6.45) is 0. The van der Waals surface area contributed by atoms with Crippen molar-refractivity contribution in [2.45, 2.75) is 6.54 Å². The number of benzene rings is 2. The maximum atomic E-state index is 11.8. The van der Waals surface area contributed by atoms with Crippen LogP contribution in [-0.2, 0) is 6.54 Å². The van der Waals surface area contributed by atoms with Crippen LogP contribution >= 0.6 is 11.6 Å². The largest absolute Gasteiger partial charge is 0.495 e. The average Bonchev–Trinajstić information content (AvgIpc) is 2.47. The maximum absolute atomic E-state index is 11.8. The van der Waals surface area contributed by atoms with Crippen molar-refractivity contribution in [3.05, 3.63) is 59.1 Å². The lowest BCUT2D eigenvalue weighted by Crippen LogP contribution is -2.28. The molecule has 104 valence electrons. The van der Waals surface area contributed by atoms with E-state index in [0.717, 1.165) is 5.56 Å². The van der Waals surface area contributed by atoms with Gasteiger partial charge in [0.05, 0.1) is 12.8 Å². The highest BCUT2D eigenvalue weighted by Crippen LogP contribution is 2.22. The maximum Gasteiger partial charge on any atom is 0.319 e. The third-order valence-electron chi connectivity index (χ3n) is 2.75. The molecule has 4 nitrogen and oxygen atoms in total. The highest BCUT2D eigenvalue weighted by molar-refractivity contribution is 6.31. The van der Waals surface area contributed by atoms with Crippen molar-refractivity contribution in [2.75, 3.05) is 12.4 Å². The number of rotatable bonds is 4. The number of urea groups is 1. The van der Waals surface area contributed by atoms with Gasteiger partial charge >= 0.3 is 6.03 Å². The van der Waals surface area contributed by atoms with Gasteiger partial charge in [0.2, 0.25) is 0 Å². The first-order valence-electron chi connectivity index (χ1n) is 6.12. The lowest BCUT2D eigenvalue weighted by molar-refractivity contribution is 0.251. The second kappa shape index (κ2) is 6.82. The third-order valence-corrected chi connectivity index (χ3v) is 3.12. The number of methoxy groups -OCH3 is 1. The Morgan fingerprint density at radius 1 is 1.15 bits per heavy atom. The first-order valence-corrected chi connectivity index (χ1v) is 6.50. The molecule has 5 heteroatoms. The molecule has 0 heterocycles. The summed E-state index contributed by atoms with van der Waals surface area (Å²) in [6.45, 7) is 0.362. The van der Waals surface area contributed by atoms with E-state index in [1.165, 1.54) is 0 Å². The van der Waals surface area contributed by atoms with Crippen LogP contribution in [0.15, 0.2) is 48.5 Å². The quantitative estimate of drug-likeness (QED) is 0.902. The van der Waals surface area contributed by atoms with E-state index in [-0.39, 0.29) is 6.03 Å². The standard InChI is InChI=1S/C15H15ClN2O2/c1-20-14-9-5-4-8-13(14)18-15(19)17-10-11-6-2-3-7-12(11)16/h2-9H,10H2,1H3,(H2,17,18,19). The van der Waals surface area contributed by atoms with Crippen LogP contribution in [0.2, 0.25) is 5.02 Å². The lowest BCUT2D eigenvalue weighted by atomic mass is 10.2. The third kappa shape index (κ3) is 3.65. The van der Waals surface area contributed by atoms with Crippen LogP contribution in [0, 0.1) is 0 Å². The first-order chi connectivity index (χ1) is 9.70. The number of carbonyl (C=O) groups is 1. The topological polar surface area (TPSA) is 50.4 Å². The molecule has 2 amide bonds. The van der Waals surface area contributed by atoms with Gasteiger partial charge in [0.1, 0.15) is 5.75 Å². The highest BCUT2D eigenvalue weighted by Gasteiger charge is 2.07. The van der Waals surface area contributed by atoms with E-state index in [9.17, 15) is 4.79 Å². The van der Waals surface area contributed by atoms with Gasteiger partial charge in [0.15, 0.2) is 0 Å². The summed E-state index contributed by atoms with van der Waals surface area (Å²) in [5.41, 5.74) is 1.48. The molecule has 2 aromatic carbocycles. The van der Waals surface area contributed by atoms with Crippen molar-refractivity contribution < 1.29 is 9.53 Å². The Labute approximate surface area is 122 Å². The summed E-state index contributed by atoms with van der Waals surface area (Å²) in [5.74, 6) is 0.611. The fourth-order valence-corrected chi connectivity index (χ4v) is 1.93. The molecule has 0 fully saturated rings. The Kier molecular flexibility index (Phi) is 4.85. The molecule has 0 aromatic heterocycles. The van der Waals surface area contributed by atoms with E-state index >= 15 is 0 Å². The van der Waals surface area contributed by atoms with Crippen molar-refractivity contribution in [1.82, 2.24) is 5.32 Å². The van der Waals surface area contributed by atoms with Gasteiger partial charge in [0, 0.05) is 11.6 Å². The molecular weight excluding hydrogens is 276 g/mol. The monoisotopic (exact) mass is 290 g/mol. The molecular formula is C15H15ClN2O2. The smallest absolute Gasteiger partial charge is 0.319 e. The Morgan fingerprint density at radius 2 is 1.85 bits per heavy atom. The summed E-state index contributed by atoms with van der Waals surface area (Å²) in [5, 5.41) is 6.11. The fraction of sp³-hybridized carbons (Fsp3) is 0.133. The van der Waals surface area contributed by atoms with Gasteiger partial charge in [-0.2, -0.15) is 0 Å². The normalized spacial score (nSPS) is 9.90. The van der Waals surface area contributed by atoms with Gasteiger partial charge in [-0.05, 0) is 23.8 Å². The Bertz CT molecular complexity index is 602. The number of ether oxygens (including phenoxy) is 1. The van der Waals surface area contributed by atoms with E-state index in [2.05, 4.69) is 10.6 Å². The summed E-state index contributed by atoms with van der Waals surface area (Å²) < 4.78 is 5.16. The van der Waals surface area contributed by atoms with E-state index in [0.29, 0.717) is 23.0 Å². The second-order valence-electron chi connectivity index (χ2n) is 4.10. The number of halogens is 1. The fourth-order valence-electron chi connectivity index (χ4n) is 1.73. The first kappa shape index (κ1) is 14.2. The molecule has 0 aliphatic carbocycles. The van der Waals surface area contributed by atoms with E-state index < -0.39 is 0 Å². The van der Waals surface area contributed by atoms with Crippen molar-refractivity contribution in [3.8, 4) is 5.75 Å². The number of hydrogen-bond acceptors (Lipinski definition) is 2. The average molecular weight is 291 g/mol. The van der Waals surface area contributed by atoms with Gasteiger partial charge in [-0.1, -0.05) is 41.9 Å². The minimum absolute atomic E-state index is 0.311. The number of carbonyl (C=O) groups excluding carboxylic acids is 1. The molecule has 0 unspecified atom stereocenters. The van der Waals surface area contributed by atoms with Crippen molar-refractivity contribution in [3.63, 3.8) is 0 Å². The lowest BCUT2D eigenvalue weighted by Gasteiger charge is -2.11. The number of nitrogens with one attached hydrogen (secondary N) is 2. The molecule has 0 aliphatic heterocycles. The Hall–Kier alpha value is -2.20. The Morgan fingerprint density at radius 3 is 2.60 bits per heavy atom. The van der Waals surface area contributed by atoms with Crippen molar-refractivity contribution in [2.24, 2.45) is 0 Å². The van der Waals surface area contributed by atoms with Crippen LogP contribution in [-0.4, -0.2) is 13.1 Å². The van der Waals surface area contributed by atoms with Crippen LogP contribution in [0.5, 0.6) is 5.75 Å². The van der Waals surface area contributed by atoms with E-state index in [1.54, 1.807) is 25.3 Å². The zero-order chi connectivity index (χ0) is 14.4. The van der Waals surface area contributed by atoms with Crippen molar-refractivity contribution >= 4 is 23.3 Å². The highest BCUT2D eigenvalue weighted by atomic mass is 35.5. The van der Waals surface area contributed by atoms with Gasteiger partial charge in [0.25, 0.3) is 0 Å². The minimum Gasteiger partial charge on any atom is -0.495 e. The minimum atomic E-state index is -0.311.